The van der Waals surface area contributed by atoms with Gasteiger partial charge in [0, 0.05) is 5.56 Å². The molecule has 46 heavy (non-hydrogen) atoms. The summed E-state index contributed by atoms with van der Waals surface area (Å²) in [4.78, 5) is 32.7. The van der Waals surface area contributed by atoms with Crippen LogP contribution in [0, 0.1) is 0 Å². The molecule has 0 amide bonds. The Hall–Kier alpha value is -4.11. The highest BCUT2D eigenvalue weighted by Gasteiger charge is 2.35. The highest BCUT2D eigenvalue weighted by atomic mass is 35.5. The smallest absolute Gasteiger partial charge is 0.338 e. The number of aromatic nitrogens is 1. The van der Waals surface area contributed by atoms with E-state index >= 15 is 0 Å². The van der Waals surface area contributed by atoms with Crippen LogP contribution < -0.4 is 24.4 Å². The molecule has 0 unspecified atom stereocenters. The zero-order valence-electron chi connectivity index (χ0n) is 26.0. The number of para-hydroxylation sites is 1. The van der Waals surface area contributed by atoms with Gasteiger partial charge in [-0.15, -0.1) is 6.58 Å². The molecule has 0 bridgehead atoms. The second-order valence-electron chi connectivity index (χ2n) is 10.9. The number of carbonyl (C=O) groups is 1. The molecule has 0 spiro atoms. The Morgan fingerprint density at radius 3 is 2.59 bits per heavy atom. The molecule has 238 valence electrons. The Bertz CT molecular complexity index is 2010. The lowest BCUT2D eigenvalue weighted by molar-refractivity contribution is -0.139. The fourth-order valence-electron chi connectivity index (χ4n) is 5.24. The number of allylic oxidation sites excluding steroid dienone is 2. The van der Waals surface area contributed by atoms with E-state index in [2.05, 4.69) is 6.58 Å². The molecule has 0 fully saturated rings. The van der Waals surface area contributed by atoms with Crippen LogP contribution in [0.1, 0.15) is 56.0 Å². The number of halogens is 2. The summed E-state index contributed by atoms with van der Waals surface area (Å²) in [5.74, 6) is 0.757. The zero-order valence-corrected chi connectivity index (χ0v) is 28.3. The van der Waals surface area contributed by atoms with Crippen molar-refractivity contribution in [2.24, 2.45) is 4.99 Å². The van der Waals surface area contributed by atoms with Crippen molar-refractivity contribution in [3.05, 3.63) is 137 Å². The summed E-state index contributed by atoms with van der Waals surface area (Å²) in [6, 6.07) is 17.8. The van der Waals surface area contributed by atoms with E-state index < -0.39 is 12.0 Å². The summed E-state index contributed by atoms with van der Waals surface area (Å²) in [5, 5.41) is 0.952. The van der Waals surface area contributed by atoms with Crippen molar-refractivity contribution < 1.29 is 19.0 Å². The average molecular weight is 678 g/mol. The van der Waals surface area contributed by atoms with Crippen molar-refractivity contribution in [3.8, 4) is 11.5 Å². The SMILES string of the molecule is C=CCc1cc(/C=c2/sc3n(c2=O)[C@@H](c2ccccc2OC(C)C)C(C(=O)OCC)=C(C)N=3)ccc1OCc1ccc(Cl)c(Cl)c1. The van der Waals surface area contributed by atoms with Crippen molar-refractivity contribution >= 4 is 46.6 Å². The molecule has 0 saturated carbocycles. The van der Waals surface area contributed by atoms with Crippen LogP contribution >= 0.6 is 34.5 Å². The molecule has 1 atom stereocenters. The first-order valence-electron chi connectivity index (χ1n) is 14.9. The summed E-state index contributed by atoms with van der Waals surface area (Å²) in [6.45, 7) is 11.8. The minimum absolute atomic E-state index is 0.117. The third-order valence-corrected chi connectivity index (χ3v) is 8.94. The largest absolute Gasteiger partial charge is 0.491 e. The number of benzene rings is 3. The van der Waals surface area contributed by atoms with Gasteiger partial charge in [-0.1, -0.05) is 70.9 Å². The molecule has 2 heterocycles. The van der Waals surface area contributed by atoms with Gasteiger partial charge in [0.2, 0.25) is 0 Å². The summed E-state index contributed by atoms with van der Waals surface area (Å²) in [7, 11) is 0. The fraction of sp³-hybridized carbons (Fsp3) is 0.250. The molecule has 1 aliphatic rings. The third kappa shape index (κ3) is 7.15. The molecule has 1 aliphatic heterocycles. The van der Waals surface area contributed by atoms with Gasteiger partial charge in [-0.25, -0.2) is 9.79 Å². The Morgan fingerprint density at radius 1 is 1.09 bits per heavy atom. The van der Waals surface area contributed by atoms with Gasteiger partial charge in [-0.3, -0.25) is 9.36 Å². The second kappa shape index (κ2) is 14.5. The predicted molar refractivity (Wildman–Crippen MR) is 184 cm³/mol. The minimum atomic E-state index is -0.777. The van der Waals surface area contributed by atoms with Gasteiger partial charge in [0.25, 0.3) is 5.56 Å². The zero-order chi connectivity index (χ0) is 33.0. The van der Waals surface area contributed by atoms with Crippen LogP contribution in [-0.2, 0) is 22.6 Å². The normalized spacial score (nSPS) is 14.6. The maximum absolute atomic E-state index is 14.2. The van der Waals surface area contributed by atoms with Gasteiger partial charge in [0.05, 0.1) is 38.6 Å². The molecular weight excluding hydrogens is 643 g/mol. The van der Waals surface area contributed by atoms with Crippen LogP contribution in [-0.4, -0.2) is 23.2 Å². The van der Waals surface area contributed by atoms with E-state index in [1.807, 2.05) is 68.5 Å². The molecule has 7 nitrogen and oxygen atoms in total. The van der Waals surface area contributed by atoms with Crippen LogP contribution in [0.5, 0.6) is 11.5 Å². The van der Waals surface area contributed by atoms with Gasteiger partial charge in [-0.05, 0) is 87.2 Å². The molecular formula is C36H34Cl2N2O5S. The Kier molecular flexibility index (Phi) is 10.5. The maximum atomic E-state index is 14.2. The first kappa shape index (κ1) is 33.3. The molecule has 3 aromatic carbocycles. The Morgan fingerprint density at radius 2 is 1.87 bits per heavy atom. The first-order chi connectivity index (χ1) is 22.1. The highest BCUT2D eigenvalue weighted by Crippen LogP contribution is 2.36. The maximum Gasteiger partial charge on any atom is 0.338 e. The van der Waals surface area contributed by atoms with Crippen LogP contribution in [0.15, 0.2) is 94.4 Å². The van der Waals surface area contributed by atoms with E-state index in [4.69, 9.17) is 42.4 Å². The molecule has 0 N–H and O–H groups in total. The van der Waals surface area contributed by atoms with Gasteiger partial charge >= 0.3 is 5.97 Å². The molecule has 0 radical (unpaired) electrons. The van der Waals surface area contributed by atoms with Crippen LogP contribution in [0.25, 0.3) is 6.08 Å². The lowest BCUT2D eigenvalue weighted by Crippen LogP contribution is -2.40. The Balaban J connectivity index is 1.58. The lowest BCUT2D eigenvalue weighted by Gasteiger charge is -2.26. The topological polar surface area (TPSA) is 79.1 Å². The number of hydrogen-bond acceptors (Lipinski definition) is 7. The van der Waals surface area contributed by atoms with E-state index in [0.717, 1.165) is 16.7 Å². The molecule has 5 rings (SSSR count). The van der Waals surface area contributed by atoms with Crippen molar-refractivity contribution in [1.29, 1.82) is 0 Å². The average Bonchev–Trinajstić information content (AvgIpc) is 3.31. The number of esters is 1. The number of thiazole rings is 1. The van der Waals surface area contributed by atoms with Gasteiger partial charge < -0.3 is 14.2 Å². The van der Waals surface area contributed by atoms with Crippen LogP contribution in [0.3, 0.4) is 0 Å². The van der Waals surface area contributed by atoms with E-state index in [1.165, 1.54) is 11.3 Å². The number of ether oxygens (including phenoxy) is 3. The number of hydrogen-bond donors (Lipinski definition) is 0. The van der Waals surface area contributed by atoms with Crippen molar-refractivity contribution in [3.63, 3.8) is 0 Å². The van der Waals surface area contributed by atoms with Crippen molar-refractivity contribution in [2.45, 2.75) is 52.9 Å². The van der Waals surface area contributed by atoms with Crippen LogP contribution in [0.2, 0.25) is 10.0 Å². The quantitative estimate of drug-likeness (QED) is 0.124. The number of fused-ring (bicyclic) bond motifs is 1. The van der Waals surface area contributed by atoms with Gasteiger partial charge in [0.15, 0.2) is 4.80 Å². The summed E-state index contributed by atoms with van der Waals surface area (Å²) in [5.41, 5.74) is 3.81. The number of nitrogens with zero attached hydrogens (tertiary/aromatic N) is 2. The van der Waals surface area contributed by atoms with Crippen molar-refractivity contribution in [2.75, 3.05) is 6.61 Å². The summed E-state index contributed by atoms with van der Waals surface area (Å²) >= 11 is 13.5. The molecule has 0 saturated heterocycles. The third-order valence-electron chi connectivity index (χ3n) is 7.22. The van der Waals surface area contributed by atoms with E-state index in [-0.39, 0.29) is 18.3 Å². The monoisotopic (exact) mass is 676 g/mol. The Labute approximate surface area is 281 Å². The molecule has 1 aromatic heterocycles. The summed E-state index contributed by atoms with van der Waals surface area (Å²) in [6.07, 6.45) is 4.08. The lowest BCUT2D eigenvalue weighted by atomic mass is 9.95. The van der Waals surface area contributed by atoms with E-state index in [9.17, 15) is 9.59 Å². The van der Waals surface area contributed by atoms with Crippen LogP contribution in [0.4, 0.5) is 0 Å². The van der Waals surface area contributed by atoms with Gasteiger partial charge in [0.1, 0.15) is 24.1 Å². The van der Waals surface area contributed by atoms with E-state index in [1.54, 1.807) is 36.6 Å². The first-order valence-corrected chi connectivity index (χ1v) is 16.4. The standard InChI is InChI=1S/C36H34Cl2N2O5S/c1-6-10-25-17-23(14-16-29(25)44-20-24-13-15-27(37)28(38)18-24)19-31-34(41)40-33(26-11-8-9-12-30(26)45-21(3)4)32(35(42)43-7-2)22(5)39-36(40)46-31/h6,8-9,11-19,21,33H,1,7,10,20H2,2-5H3/b31-19+/t33-/m0/s1. The van der Waals surface area contributed by atoms with Gasteiger partial charge in [-0.2, -0.15) is 0 Å². The molecule has 0 aliphatic carbocycles. The predicted octanol–water partition coefficient (Wildman–Crippen LogP) is 7.20. The fourth-order valence-corrected chi connectivity index (χ4v) is 6.61. The van der Waals surface area contributed by atoms with Crippen molar-refractivity contribution in [1.82, 2.24) is 4.57 Å². The highest BCUT2D eigenvalue weighted by molar-refractivity contribution is 7.07. The summed E-state index contributed by atoms with van der Waals surface area (Å²) < 4.78 is 19.7. The minimum Gasteiger partial charge on any atom is -0.491 e. The second-order valence-corrected chi connectivity index (χ2v) is 12.7. The number of rotatable bonds is 11. The molecule has 4 aromatic rings. The van der Waals surface area contributed by atoms with E-state index in [0.29, 0.717) is 60.7 Å². The molecule has 10 heteroatoms. The number of carbonyl (C=O) groups excluding carboxylic acids is 1.